The third-order valence-corrected chi connectivity index (χ3v) is 3.43. The van der Waals surface area contributed by atoms with Gasteiger partial charge in [0.15, 0.2) is 0 Å². The van der Waals surface area contributed by atoms with Crippen molar-refractivity contribution in [1.82, 2.24) is 4.90 Å². The normalized spacial score (nSPS) is 18.2. The monoisotopic (exact) mass is 277 g/mol. The van der Waals surface area contributed by atoms with Crippen LogP contribution in [-0.2, 0) is 20.9 Å². The van der Waals surface area contributed by atoms with E-state index < -0.39 is 12.0 Å². The van der Waals surface area contributed by atoms with Crippen LogP contribution in [0.3, 0.4) is 0 Å². The van der Waals surface area contributed by atoms with Crippen molar-refractivity contribution in [1.29, 1.82) is 0 Å². The van der Waals surface area contributed by atoms with Crippen LogP contribution in [-0.4, -0.2) is 41.1 Å². The molecule has 1 aromatic rings. The van der Waals surface area contributed by atoms with Crippen LogP contribution in [0.15, 0.2) is 30.3 Å². The molecular weight excluding hydrogens is 258 g/mol. The number of carboxylic acids is 1. The van der Waals surface area contributed by atoms with Gasteiger partial charge in [-0.3, -0.25) is 4.79 Å². The highest BCUT2D eigenvalue weighted by Gasteiger charge is 2.33. The van der Waals surface area contributed by atoms with Crippen molar-refractivity contribution >= 4 is 11.9 Å². The minimum Gasteiger partial charge on any atom is -0.480 e. The number of amides is 1. The number of hydrogen-bond donors (Lipinski definition) is 1. The van der Waals surface area contributed by atoms with Crippen molar-refractivity contribution < 1.29 is 19.4 Å². The van der Waals surface area contributed by atoms with E-state index >= 15 is 0 Å². The minimum absolute atomic E-state index is 0.136. The van der Waals surface area contributed by atoms with Gasteiger partial charge in [0.2, 0.25) is 5.91 Å². The van der Waals surface area contributed by atoms with Crippen molar-refractivity contribution in [3.8, 4) is 0 Å². The number of aliphatic carboxylic acids is 1. The van der Waals surface area contributed by atoms with Crippen molar-refractivity contribution in [3.05, 3.63) is 35.9 Å². The maximum Gasteiger partial charge on any atom is 0.326 e. The minimum atomic E-state index is -0.916. The number of carbonyl (C=O) groups excluding carboxylic acids is 1. The molecule has 1 heterocycles. The van der Waals surface area contributed by atoms with Crippen molar-refractivity contribution in [2.45, 2.75) is 31.9 Å². The molecule has 0 bridgehead atoms. The van der Waals surface area contributed by atoms with Crippen LogP contribution in [0.4, 0.5) is 0 Å². The molecule has 1 aromatic carbocycles. The standard InChI is InChI=1S/C15H19NO4/c17-14(16-9-4-7-13(16)15(18)19)8-10-20-11-12-5-2-1-3-6-12/h1-3,5-6,13H,4,7-11H2,(H,18,19). The predicted octanol–water partition coefficient (Wildman–Crippen LogP) is 1.67. The summed E-state index contributed by atoms with van der Waals surface area (Å²) in [5.74, 6) is -1.05. The van der Waals surface area contributed by atoms with Crippen LogP contribution in [0, 0.1) is 0 Å². The number of carbonyl (C=O) groups is 2. The molecule has 5 heteroatoms. The van der Waals surface area contributed by atoms with Gasteiger partial charge >= 0.3 is 5.97 Å². The van der Waals surface area contributed by atoms with Crippen LogP contribution in [0.1, 0.15) is 24.8 Å². The van der Waals surface area contributed by atoms with Crippen molar-refractivity contribution in [3.63, 3.8) is 0 Å². The highest BCUT2D eigenvalue weighted by Crippen LogP contribution is 2.18. The first-order chi connectivity index (χ1) is 9.68. The topological polar surface area (TPSA) is 66.8 Å². The van der Waals surface area contributed by atoms with Gasteiger partial charge in [0, 0.05) is 6.54 Å². The summed E-state index contributed by atoms with van der Waals surface area (Å²) in [7, 11) is 0. The van der Waals surface area contributed by atoms with Gasteiger partial charge < -0.3 is 14.7 Å². The fourth-order valence-electron chi connectivity index (χ4n) is 2.39. The van der Waals surface area contributed by atoms with Gasteiger partial charge in [0.25, 0.3) is 0 Å². The molecule has 0 radical (unpaired) electrons. The molecule has 20 heavy (non-hydrogen) atoms. The number of ether oxygens (including phenoxy) is 1. The predicted molar refractivity (Wildman–Crippen MR) is 73.1 cm³/mol. The molecule has 1 aliphatic heterocycles. The molecule has 0 saturated carbocycles. The Hall–Kier alpha value is -1.88. The summed E-state index contributed by atoms with van der Waals surface area (Å²) in [5, 5.41) is 9.03. The first kappa shape index (κ1) is 14.5. The largest absolute Gasteiger partial charge is 0.480 e. The third-order valence-electron chi connectivity index (χ3n) is 3.43. The Bertz CT molecular complexity index is 460. The fraction of sp³-hybridized carbons (Fsp3) is 0.467. The summed E-state index contributed by atoms with van der Waals surface area (Å²) < 4.78 is 5.45. The summed E-state index contributed by atoms with van der Waals surface area (Å²) in [6.07, 6.45) is 1.54. The molecule has 1 atom stereocenters. The smallest absolute Gasteiger partial charge is 0.326 e. The second kappa shape index (κ2) is 7.05. The van der Waals surface area contributed by atoms with Crippen LogP contribution >= 0.6 is 0 Å². The number of carboxylic acid groups (broad SMARTS) is 1. The average molecular weight is 277 g/mol. The Morgan fingerprint density at radius 3 is 2.75 bits per heavy atom. The molecule has 5 nitrogen and oxygen atoms in total. The summed E-state index contributed by atoms with van der Waals surface area (Å²) >= 11 is 0. The molecule has 1 fully saturated rings. The Balaban J connectivity index is 1.71. The third kappa shape index (κ3) is 3.81. The molecule has 108 valence electrons. The maximum atomic E-state index is 12.0. The molecule has 1 saturated heterocycles. The summed E-state index contributed by atoms with van der Waals surface area (Å²) in [4.78, 5) is 24.4. The quantitative estimate of drug-likeness (QED) is 0.803. The van der Waals surface area contributed by atoms with E-state index in [4.69, 9.17) is 9.84 Å². The van der Waals surface area contributed by atoms with E-state index in [0.717, 1.165) is 12.0 Å². The van der Waals surface area contributed by atoms with E-state index in [1.54, 1.807) is 0 Å². The van der Waals surface area contributed by atoms with Gasteiger partial charge in [0.05, 0.1) is 19.6 Å². The maximum absolute atomic E-state index is 12.0. The van der Waals surface area contributed by atoms with E-state index in [2.05, 4.69) is 0 Å². The van der Waals surface area contributed by atoms with Crippen LogP contribution in [0.2, 0.25) is 0 Å². The molecule has 1 N–H and O–H groups in total. The lowest BCUT2D eigenvalue weighted by Gasteiger charge is -2.21. The van der Waals surface area contributed by atoms with Gasteiger partial charge in [-0.1, -0.05) is 30.3 Å². The highest BCUT2D eigenvalue weighted by atomic mass is 16.5. The number of likely N-dealkylation sites (tertiary alicyclic amines) is 1. The van der Waals surface area contributed by atoms with E-state index in [1.165, 1.54) is 4.90 Å². The fourth-order valence-corrected chi connectivity index (χ4v) is 2.39. The second-order valence-corrected chi connectivity index (χ2v) is 4.87. The van der Waals surface area contributed by atoms with E-state index in [0.29, 0.717) is 26.2 Å². The zero-order chi connectivity index (χ0) is 14.4. The van der Waals surface area contributed by atoms with Crippen LogP contribution in [0.5, 0.6) is 0 Å². The molecule has 0 spiro atoms. The Morgan fingerprint density at radius 1 is 1.30 bits per heavy atom. The number of benzene rings is 1. The average Bonchev–Trinajstić information content (AvgIpc) is 2.94. The molecule has 0 aromatic heterocycles. The Kier molecular flexibility index (Phi) is 5.12. The molecule has 1 unspecified atom stereocenters. The Morgan fingerprint density at radius 2 is 2.05 bits per heavy atom. The van der Waals surface area contributed by atoms with Gasteiger partial charge in [0.1, 0.15) is 6.04 Å². The van der Waals surface area contributed by atoms with Gasteiger partial charge in [-0.2, -0.15) is 0 Å². The van der Waals surface area contributed by atoms with E-state index in [9.17, 15) is 9.59 Å². The van der Waals surface area contributed by atoms with Crippen molar-refractivity contribution in [2.24, 2.45) is 0 Å². The van der Waals surface area contributed by atoms with Crippen LogP contribution < -0.4 is 0 Å². The van der Waals surface area contributed by atoms with Gasteiger partial charge in [-0.15, -0.1) is 0 Å². The summed E-state index contributed by atoms with van der Waals surface area (Å²) in [6.45, 7) is 1.32. The molecule has 2 rings (SSSR count). The SMILES string of the molecule is O=C(O)C1CCCN1C(=O)CCOCc1ccccc1. The van der Waals surface area contributed by atoms with Gasteiger partial charge in [-0.25, -0.2) is 4.79 Å². The summed E-state index contributed by atoms with van der Waals surface area (Å²) in [5.41, 5.74) is 1.06. The lowest BCUT2D eigenvalue weighted by atomic mass is 10.2. The van der Waals surface area contributed by atoms with Crippen LogP contribution in [0.25, 0.3) is 0 Å². The Labute approximate surface area is 118 Å². The highest BCUT2D eigenvalue weighted by molar-refractivity contribution is 5.84. The molecule has 1 aliphatic rings. The lowest BCUT2D eigenvalue weighted by Crippen LogP contribution is -2.40. The zero-order valence-corrected chi connectivity index (χ0v) is 11.3. The first-order valence-electron chi connectivity index (χ1n) is 6.82. The number of rotatable bonds is 6. The lowest BCUT2D eigenvalue weighted by molar-refractivity contribution is -0.148. The van der Waals surface area contributed by atoms with E-state index in [-0.39, 0.29) is 12.3 Å². The molecular formula is C15H19NO4. The van der Waals surface area contributed by atoms with E-state index in [1.807, 2.05) is 30.3 Å². The molecule has 1 amide bonds. The second-order valence-electron chi connectivity index (χ2n) is 4.87. The zero-order valence-electron chi connectivity index (χ0n) is 11.3. The van der Waals surface area contributed by atoms with Gasteiger partial charge in [-0.05, 0) is 18.4 Å². The van der Waals surface area contributed by atoms with Crippen molar-refractivity contribution in [2.75, 3.05) is 13.2 Å². The first-order valence-corrected chi connectivity index (χ1v) is 6.82. The molecule has 0 aliphatic carbocycles. The number of hydrogen-bond acceptors (Lipinski definition) is 3. The number of nitrogens with zero attached hydrogens (tertiary/aromatic N) is 1. The summed E-state index contributed by atoms with van der Waals surface area (Å²) in [6, 6.07) is 9.08.